The molecule has 176 valence electrons. The molecule has 1 aliphatic rings. The van der Waals surface area contributed by atoms with Crippen molar-refractivity contribution in [3.63, 3.8) is 0 Å². The first-order chi connectivity index (χ1) is 15.7. The smallest absolute Gasteiger partial charge is 0.254 e. The van der Waals surface area contributed by atoms with Crippen LogP contribution in [0.1, 0.15) is 39.7 Å². The third-order valence-electron chi connectivity index (χ3n) is 5.46. The Morgan fingerprint density at radius 3 is 2.48 bits per heavy atom. The van der Waals surface area contributed by atoms with Crippen LogP contribution in [0, 0.1) is 6.92 Å². The molecule has 1 saturated heterocycles. The van der Waals surface area contributed by atoms with E-state index in [0.29, 0.717) is 17.9 Å². The highest BCUT2D eigenvalue weighted by Crippen LogP contribution is 2.24. The van der Waals surface area contributed by atoms with E-state index in [1.807, 2.05) is 39.0 Å². The van der Waals surface area contributed by atoms with Crippen molar-refractivity contribution >= 4 is 27.3 Å². The number of sulfonamides is 1. The van der Waals surface area contributed by atoms with Gasteiger partial charge in [-0.05, 0) is 63.2 Å². The number of benzene rings is 1. The lowest BCUT2D eigenvalue weighted by Gasteiger charge is -2.34. The van der Waals surface area contributed by atoms with E-state index in [9.17, 15) is 13.2 Å². The van der Waals surface area contributed by atoms with Gasteiger partial charge in [-0.25, -0.2) is 8.42 Å². The molecule has 1 amide bonds. The molecule has 1 aromatic carbocycles. The van der Waals surface area contributed by atoms with Gasteiger partial charge in [-0.1, -0.05) is 6.07 Å². The van der Waals surface area contributed by atoms with Crippen LogP contribution in [0.3, 0.4) is 0 Å². The van der Waals surface area contributed by atoms with Crippen LogP contribution in [0.4, 0.5) is 0 Å². The Balaban J connectivity index is 1.61. The van der Waals surface area contributed by atoms with E-state index < -0.39 is 10.0 Å². The third kappa shape index (κ3) is 5.55. The molecule has 0 spiro atoms. The van der Waals surface area contributed by atoms with Crippen molar-refractivity contribution in [3.8, 4) is 0 Å². The summed E-state index contributed by atoms with van der Waals surface area (Å²) < 4.78 is 39.2. The van der Waals surface area contributed by atoms with Crippen molar-refractivity contribution in [2.45, 2.75) is 51.0 Å². The zero-order chi connectivity index (χ0) is 23.6. The Hall–Kier alpha value is -2.46. The second kappa shape index (κ2) is 9.80. The first-order valence-corrected chi connectivity index (χ1v) is 13.1. The SMILES string of the molecule is Cc1ccc(CN(Cc2ccco2)C(=O)c2cccc(S(=O)(=O)N3CC(C)OC(C)C3)c2)s1. The second-order valence-electron chi connectivity index (χ2n) is 8.36. The number of furan rings is 1. The standard InChI is InChI=1S/C24H28N2O5S2/c1-17-13-26(14-18(2)31-17)33(28,29)23-8-4-6-20(12-23)24(27)25(15-21-7-5-11-30-21)16-22-10-9-19(3)32-22/h4-12,17-18H,13-16H2,1-3H3. The normalized spacial score (nSPS) is 19.5. The summed E-state index contributed by atoms with van der Waals surface area (Å²) in [5, 5.41) is 0. The summed E-state index contributed by atoms with van der Waals surface area (Å²) >= 11 is 1.63. The van der Waals surface area contributed by atoms with Gasteiger partial charge in [0.05, 0.1) is 36.5 Å². The summed E-state index contributed by atoms with van der Waals surface area (Å²) in [5.41, 5.74) is 0.324. The molecule has 0 saturated carbocycles. The third-order valence-corrected chi connectivity index (χ3v) is 8.27. The number of thiophene rings is 1. The minimum Gasteiger partial charge on any atom is -0.467 e. The zero-order valence-corrected chi connectivity index (χ0v) is 20.6. The van der Waals surface area contributed by atoms with Crippen LogP contribution in [0.5, 0.6) is 0 Å². The Morgan fingerprint density at radius 2 is 1.85 bits per heavy atom. The number of aryl methyl sites for hydroxylation is 1. The fourth-order valence-electron chi connectivity index (χ4n) is 4.00. The molecule has 3 aromatic rings. The van der Waals surface area contributed by atoms with E-state index in [0.717, 1.165) is 9.75 Å². The quantitative estimate of drug-likeness (QED) is 0.496. The number of carbonyl (C=O) groups is 1. The molecule has 2 aromatic heterocycles. The van der Waals surface area contributed by atoms with E-state index in [-0.39, 0.29) is 42.6 Å². The summed E-state index contributed by atoms with van der Waals surface area (Å²) in [6.45, 7) is 7.01. The molecular formula is C24H28N2O5S2. The molecule has 0 radical (unpaired) electrons. The minimum absolute atomic E-state index is 0.111. The van der Waals surface area contributed by atoms with Crippen molar-refractivity contribution in [3.05, 3.63) is 75.9 Å². The number of hydrogen-bond donors (Lipinski definition) is 0. The van der Waals surface area contributed by atoms with Crippen LogP contribution in [0.25, 0.3) is 0 Å². The highest BCUT2D eigenvalue weighted by Gasteiger charge is 2.32. The lowest BCUT2D eigenvalue weighted by atomic mass is 10.2. The lowest BCUT2D eigenvalue weighted by Crippen LogP contribution is -2.48. The van der Waals surface area contributed by atoms with Crippen molar-refractivity contribution in [1.29, 1.82) is 0 Å². The molecule has 0 aliphatic carbocycles. The molecule has 4 rings (SSSR count). The summed E-state index contributed by atoms with van der Waals surface area (Å²) in [5.74, 6) is 0.412. The first kappa shape index (κ1) is 23.7. The molecule has 2 unspecified atom stereocenters. The molecule has 0 N–H and O–H groups in total. The molecular weight excluding hydrogens is 460 g/mol. The molecule has 33 heavy (non-hydrogen) atoms. The van der Waals surface area contributed by atoms with Gasteiger partial charge in [-0.3, -0.25) is 4.79 Å². The van der Waals surface area contributed by atoms with Crippen molar-refractivity contribution in [1.82, 2.24) is 9.21 Å². The fourth-order valence-corrected chi connectivity index (χ4v) is 6.54. The van der Waals surface area contributed by atoms with Crippen LogP contribution in [0.15, 0.2) is 64.1 Å². The molecule has 1 fully saturated rings. The predicted octanol–water partition coefficient (Wildman–Crippen LogP) is 4.29. The Bertz CT molecular complexity index is 1190. The Morgan fingerprint density at radius 1 is 1.09 bits per heavy atom. The Kier molecular flexibility index (Phi) is 7.04. The fraction of sp³-hybridized carbons (Fsp3) is 0.375. The van der Waals surface area contributed by atoms with Gasteiger partial charge in [0.1, 0.15) is 5.76 Å². The highest BCUT2D eigenvalue weighted by atomic mass is 32.2. The number of nitrogens with zero attached hydrogens (tertiary/aromatic N) is 2. The predicted molar refractivity (Wildman–Crippen MR) is 127 cm³/mol. The number of ether oxygens (including phenoxy) is 1. The largest absolute Gasteiger partial charge is 0.467 e. The average Bonchev–Trinajstić information content (AvgIpc) is 3.44. The summed E-state index contributed by atoms with van der Waals surface area (Å²) in [6.07, 6.45) is 1.20. The van der Waals surface area contributed by atoms with Gasteiger partial charge in [0.2, 0.25) is 10.0 Å². The molecule has 9 heteroatoms. The average molecular weight is 489 g/mol. The molecule has 1 aliphatic heterocycles. The van der Waals surface area contributed by atoms with E-state index in [1.165, 1.54) is 16.4 Å². The highest BCUT2D eigenvalue weighted by molar-refractivity contribution is 7.89. The minimum atomic E-state index is -3.75. The van der Waals surface area contributed by atoms with Crippen LogP contribution in [-0.4, -0.2) is 48.8 Å². The maximum Gasteiger partial charge on any atom is 0.254 e. The zero-order valence-electron chi connectivity index (χ0n) is 18.9. The van der Waals surface area contributed by atoms with Gasteiger partial charge in [-0.2, -0.15) is 4.31 Å². The van der Waals surface area contributed by atoms with Gasteiger partial charge in [0.15, 0.2) is 0 Å². The van der Waals surface area contributed by atoms with Gasteiger partial charge in [0, 0.05) is 28.4 Å². The summed E-state index contributed by atoms with van der Waals surface area (Å²) in [7, 11) is -3.75. The monoisotopic (exact) mass is 488 g/mol. The summed E-state index contributed by atoms with van der Waals surface area (Å²) in [6, 6.07) is 13.9. The second-order valence-corrected chi connectivity index (χ2v) is 11.7. The molecule has 7 nitrogen and oxygen atoms in total. The topological polar surface area (TPSA) is 80.1 Å². The molecule has 3 heterocycles. The van der Waals surface area contributed by atoms with Crippen LogP contribution in [0.2, 0.25) is 0 Å². The Labute approximate surface area is 198 Å². The summed E-state index contributed by atoms with van der Waals surface area (Å²) in [4.78, 5) is 17.5. The first-order valence-electron chi connectivity index (χ1n) is 10.8. The number of amides is 1. The molecule has 0 bridgehead atoms. The van der Waals surface area contributed by atoms with Crippen LogP contribution in [-0.2, 0) is 27.8 Å². The van der Waals surface area contributed by atoms with E-state index in [4.69, 9.17) is 9.15 Å². The van der Waals surface area contributed by atoms with Crippen molar-refractivity contribution < 1.29 is 22.4 Å². The van der Waals surface area contributed by atoms with Gasteiger partial charge >= 0.3 is 0 Å². The molecule has 2 atom stereocenters. The van der Waals surface area contributed by atoms with Crippen LogP contribution < -0.4 is 0 Å². The van der Waals surface area contributed by atoms with E-state index >= 15 is 0 Å². The maximum absolute atomic E-state index is 13.5. The number of rotatable bonds is 7. The number of hydrogen-bond acceptors (Lipinski definition) is 6. The van der Waals surface area contributed by atoms with Gasteiger partial charge in [-0.15, -0.1) is 11.3 Å². The number of carbonyl (C=O) groups excluding carboxylic acids is 1. The van der Waals surface area contributed by atoms with Crippen molar-refractivity contribution in [2.24, 2.45) is 0 Å². The number of morpholine rings is 1. The van der Waals surface area contributed by atoms with Crippen LogP contribution >= 0.6 is 11.3 Å². The van der Waals surface area contributed by atoms with E-state index in [2.05, 4.69) is 0 Å². The van der Waals surface area contributed by atoms with Gasteiger partial charge in [0.25, 0.3) is 5.91 Å². The van der Waals surface area contributed by atoms with Crippen molar-refractivity contribution in [2.75, 3.05) is 13.1 Å². The van der Waals surface area contributed by atoms with Gasteiger partial charge < -0.3 is 14.1 Å². The maximum atomic E-state index is 13.5. The van der Waals surface area contributed by atoms with E-state index in [1.54, 1.807) is 40.7 Å². The lowest BCUT2D eigenvalue weighted by molar-refractivity contribution is -0.0440.